The van der Waals surface area contributed by atoms with Crippen molar-refractivity contribution >= 4 is 21.7 Å². The van der Waals surface area contributed by atoms with E-state index in [1.165, 1.54) is 0 Å². The molecule has 1 aliphatic rings. The number of ether oxygens (including phenoxy) is 2. The summed E-state index contributed by atoms with van der Waals surface area (Å²) in [6.07, 6.45) is 0. The van der Waals surface area contributed by atoms with Crippen LogP contribution in [0.15, 0.2) is 10.5 Å². The molecule has 0 saturated carbocycles. The highest BCUT2D eigenvalue weighted by atomic mass is 79.9. The number of Topliss-reactive ketones (excluding diaryl/α,β-unsaturated/α-hetero) is 1. The molecule has 0 aliphatic carbocycles. The molecule has 1 aromatic carbocycles. The number of carbonyl (C=O) groups excluding carboxylic acids is 1. The molecule has 2 N–H and O–H groups in total. The summed E-state index contributed by atoms with van der Waals surface area (Å²) in [6.45, 7) is 5.06. The Morgan fingerprint density at radius 3 is 2.72 bits per heavy atom. The lowest BCUT2D eigenvalue weighted by Crippen LogP contribution is -2.21. The van der Waals surface area contributed by atoms with Crippen LogP contribution in [-0.4, -0.2) is 25.5 Å². The second kappa shape index (κ2) is 5.28. The van der Waals surface area contributed by atoms with Crippen molar-refractivity contribution < 1.29 is 14.3 Å². The van der Waals surface area contributed by atoms with E-state index in [1.54, 1.807) is 6.07 Å². The van der Waals surface area contributed by atoms with Crippen LogP contribution in [0.3, 0.4) is 0 Å². The molecule has 0 fully saturated rings. The van der Waals surface area contributed by atoms with Gasteiger partial charge in [-0.2, -0.15) is 0 Å². The fourth-order valence-corrected chi connectivity index (χ4v) is 2.76. The van der Waals surface area contributed by atoms with Crippen LogP contribution < -0.4 is 15.2 Å². The number of carbonyl (C=O) groups is 1. The van der Waals surface area contributed by atoms with E-state index in [1.807, 2.05) is 13.8 Å². The molecular weight excluding hydrogens is 298 g/mol. The summed E-state index contributed by atoms with van der Waals surface area (Å²) in [6, 6.07) is 1.78. The lowest BCUT2D eigenvalue weighted by atomic mass is 9.93. The van der Waals surface area contributed by atoms with Gasteiger partial charge in [0.05, 0.1) is 6.54 Å². The van der Waals surface area contributed by atoms with Gasteiger partial charge in [0, 0.05) is 15.6 Å². The highest BCUT2D eigenvalue weighted by Gasteiger charge is 2.26. The third-order valence-electron chi connectivity index (χ3n) is 2.86. The second-order valence-electron chi connectivity index (χ2n) is 4.45. The molecule has 0 aromatic heterocycles. The molecule has 0 saturated heterocycles. The lowest BCUT2D eigenvalue weighted by Gasteiger charge is -2.25. The molecule has 0 spiro atoms. The Morgan fingerprint density at radius 1 is 1.44 bits per heavy atom. The van der Waals surface area contributed by atoms with Crippen LogP contribution in [0.2, 0.25) is 0 Å². The minimum atomic E-state index is -0.0949. The van der Waals surface area contributed by atoms with Gasteiger partial charge in [-0.25, -0.2) is 0 Å². The van der Waals surface area contributed by atoms with Crippen molar-refractivity contribution in [1.82, 2.24) is 0 Å². The van der Waals surface area contributed by atoms with Crippen LogP contribution in [0.1, 0.15) is 35.7 Å². The fourth-order valence-electron chi connectivity index (χ4n) is 2.12. The first-order chi connectivity index (χ1) is 8.56. The van der Waals surface area contributed by atoms with E-state index in [0.717, 1.165) is 5.56 Å². The number of ketones is 1. The number of fused-ring (bicyclic) bond motifs is 1. The second-order valence-corrected chi connectivity index (χ2v) is 5.31. The van der Waals surface area contributed by atoms with Gasteiger partial charge in [-0.05, 0) is 27.9 Å². The van der Waals surface area contributed by atoms with Crippen molar-refractivity contribution in [3.8, 4) is 11.5 Å². The average molecular weight is 314 g/mol. The summed E-state index contributed by atoms with van der Waals surface area (Å²) in [5, 5.41) is 0. The van der Waals surface area contributed by atoms with Gasteiger partial charge >= 0.3 is 0 Å². The zero-order chi connectivity index (χ0) is 13.3. The number of halogens is 1. The van der Waals surface area contributed by atoms with E-state index in [0.29, 0.717) is 34.7 Å². The molecule has 4 nitrogen and oxygen atoms in total. The van der Waals surface area contributed by atoms with Crippen molar-refractivity contribution in [1.29, 1.82) is 0 Å². The van der Waals surface area contributed by atoms with Gasteiger partial charge < -0.3 is 15.2 Å². The first-order valence-corrected chi connectivity index (χ1v) is 6.70. The molecule has 0 radical (unpaired) electrons. The topological polar surface area (TPSA) is 61.6 Å². The predicted molar refractivity (Wildman–Crippen MR) is 72.6 cm³/mol. The zero-order valence-electron chi connectivity index (χ0n) is 10.5. The first kappa shape index (κ1) is 13.4. The molecule has 98 valence electrons. The minimum absolute atomic E-state index is 0.0159. The van der Waals surface area contributed by atoms with E-state index in [2.05, 4.69) is 15.9 Å². The van der Waals surface area contributed by atoms with Gasteiger partial charge in [-0.15, -0.1) is 0 Å². The molecule has 0 unspecified atom stereocenters. The Labute approximate surface area is 115 Å². The maximum atomic E-state index is 12.0. The van der Waals surface area contributed by atoms with E-state index in [9.17, 15) is 4.79 Å². The number of rotatable bonds is 3. The summed E-state index contributed by atoms with van der Waals surface area (Å²) in [5.41, 5.74) is 6.95. The fraction of sp³-hybridized carbons (Fsp3) is 0.462. The van der Waals surface area contributed by atoms with Crippen LogP contribution in [0, 0.1) is 0 Å². The van der Waals surface area contributed by atoms with Crippen molar-refractivity contribution in [3.05, 3.63) is 21.7 Å². The van der Waals surface area contributed by atoms with Crippen molar-refractivity contribution in [2.75, 3.05) is 19.8 Å². The largest absolute Gasteiger partial charge is 0.486 e. The van der Waals surface area contributed by atoms with Crippen molar-refractivity contribution in [3.63, 3.8) is 0 Å². The smallest absolute Gasteiger partial charge is 0.177 e. The third-order valence-corrected chi connectivity index (χ3v) is 3.49. The highest BCUT2D eigenvalue weighted by Crippen LogP contribution is 2.43. The predicted octanol–water partition coefficient (Wildman–Crippen LogP) is 2.49. The van der Waals surface area contributed by atoms with Gasteiger partial charge in [0.1, 0.15) is 13.2 Å². The Kier molecular flexibility index (Phi) is 3.92. The number of benzene rings is 1. The van der Waals surface area contributed by atoms with Crippen LogP contribution in [0.4, 0.5) is 0 Å². The summed E-state index contributed by atoms with van der Waals surface area (Å²) in [5.74, 6) is 1.42. The Hall–Kier alpha value is -1.07. The summed E-state index contributed by atoms with van der Waals surface area (Å²) in [4.78, 5) is 12.0. The summed E-state index contributed by atoms with van der Waals surface area (Å²) < 4.78 is 11.9. The van der Waals surface area contributed by atoms with E-state index < -0.39 is 0 Å². The highest BCUT2D eigenvalue weighted by molar-refractivity contribution is 9.10. The molecule has 18 heavy (non-hydrogen) atoms. The van der Waals surface area contributed by atoms with Crippen LogP contribution >= 0.6 is 15.9 Å². The lowest BCUT2D eigenvalue weighted by molar-refractivity contribution is 0.0997. The normalized spacial score (nSPS) is 13.8. The average Bonchev–Trinajstić information content (AvgIpc) is 2.35. The molecular formula is C13H16BrNO3. The van der Waals surface area contributed by atoms with Gasteiger partial charge in [-0.3, -0.25) is 4.79 Å². The monoisotopic (exact) mass is 313 g/mol. The van der Waals surface area contributed by atoms with Crippen molar-refractivity contribution in [2.45, 2.75) is 19.8 Å². The van der Waals surface area contributed by atoms with Crippen molar-refractivity contribution in [2.24, 2.45) is 5.73 Å². The molecule has 0 atom stereocenters. The van der Waals surface area contributed by atoms with E-state index in [-0.39, 0.29) is 18.2 Å². The first-order valence-electron chi connectivity index (χ1n) is 5.91. The van der Waals surface area contributed by atoms with Gasteiger partial charge in [0.25, 0.3) is 0 Å². The summed E-state index contributed by atoms with van der Waals surface area (Å²) in [7, 11) is 0. The molecule has 1 aromatic rings. The van der Waals surface area contributed by atoms with E-state index in [4.69, 9.17) is 15.2 Å². The minimum Gasteiger partial charge on any atom is -0.486 e. The SMILES string of the molecule is CC(C)c1c2c(cc(Br)c1C(=O)CN)OCCO2. The number of hydrogen-bond donors (Lipinski definition) is 1. The van der Waals surface area contributed by atoms with Crippen LogP contribution in [0.5, 0.6) is 11.5 Å². The zero-order valence-corrected chi connectivity index (χ0v) is 12.0. The van der Waals surface area contributed by atoms with Gasteiger partial charge in [0.15, 0.2) is 17.3 Å². The Morgan fingerprint density at radius 2 is 2.11 bits per heavy atom. The molecule has 1 aliphatic heterocycles. The number of hydrogen-bond acceptors (Lipinski definition) is 4. The molecule has 2 rings (SSSR count). The van der Waals surface area contributed by atoms with Gasteiger partial charge in [-0.1, -0.05) is 13.8 Å². The van der Waals surface area contributed by atoms with Crippen LogP contribution in [-0.2, 0) is 0 Å². The van der Waals surface area contributed by atoms with Crippen LogP contribution in [0.25, 0.3) is 0 Å². The van der Waals surface area contributed by atoms with E-state index >= 15 is 0 Å². The molecule has 5 heteroatoms. The van der Waals surface area contributed by atoms with Gasteiger partial charge in [0.2, 0.25) is 0 Å². The molecule has 1 heterocycles. The number of nitrogens with two attached hydrogens (primary N) is 1. The Bertz CT molecular complexity index is 486. The Balaban J connectivity index is 2.68. The molecule has 0 bridgehead atoms. The third kappa shape index (κ3) is 2.24. The summed E-state index contributed by atoms with van der Waals surface area (Å²) >= 11 is 3.42. The maximum absolute atomic E-state index is 12.0. The maximum Gasteiger partial charge on any atom is 0.177 e. The molecule has 0 amide bonds. The standard InChI is InChI=1S/C13H16BrNO3/c1-7(2)11-12(9(16)6-15)8(14)5-10-13(11)18-4-3-17-10/h5,7H,3-4,6,15H2,1-2H3. The quantitative estimate of drug-likeness (QED) is 0.871.